The Morgan fingerprint density at radius 3 is 2.70 bits per heavy atom. The normalized spacial score (nSPS) is 15.8. The highest BCUT2D eigenvalue weighted by Gasteiger charge is 2.32. The molecule has 1 unspecified atom stereocenters. The summed E-state index contributed by atoms with van der Waals surface area (Å²) in [6.45, 7) is 7.31. The van der Waals surface area contributed by atoms with Crippen LogP contribution in [0.1, 0.15) is 71.9 Å². The Morgan fingerprint density at radius 1 is 1.18 bits per heavy atom. The summed E-state index contributed by atoms with van der Waals surface area (Å²) < 4.78 is 1.91. The Hall–Kier alpha value is -3.55. The topological polar surface area (TPSA) is 93.0 Å². The molecule has 172 valence electrons. The van der Waals surface area contributed by atoms with E-state index in [0.29, 0.717) is 30.2 Å². The quantitative estimate of drug-likeness (QED) is 0.600. The third-order valence-corrected chi connectivity index (χ3v) is 5.98. The number of hydrogen-bond acceptors (Lipinski definition) is 5. The molecule has 1 fully saturated rings. The number of aromatic nitrogens is 4. The van der Waals surface area contributed by atoms with Crippen LogP contribution in [0.5, 0.6) is 0 Å². The van der Waals surface area contributed by atoms with Gasteiger partial charge in [-0.3, -0.25) is 9.59 Å². The maximum atomic E-state index is 13.1. The average molecular weight is 447 g/mol. The highest BCUT2D eigenvalue weighted by atomic mass is 16.2. The minimum atomic E-state index is -0.205. The number of carbonyl (C=O) groups is 2. The molecule has 1 aliphatic heterocycles. The Bertz CT molecular complexity index is 1120. The number of amides is 2. The molecule has 0 bridgehead atoms. The molecule has 1 aliphatic rings. The lowest BCUT2D eigenvalue weighted by molar-refractivity contribution is -0.133. The van der Waals surface area contributed by atoms with Crippen molar-refractivity contribution in [2.45, 2.75) is 58.7 Å². The zero-order chi connectivity index (χ0) is 23.4. The molecule has 33 heavy (non-hydrogen) atoms. The Balaban J connectivity index is 1.44. The summed E-state index contributed by atoms with van der Waals surface area (Å²) in [5, 5.41) is 2.92. The Morgan fingerprint density at radius 2 is 1.97 bits per heavy atom. The third kappa shape index (κ3) is 5.10. The molecule has 1 atom stereocenters. The number of carbonyl (C=O) groups excluding carboxylic acids is 2. The number of nitrogens with zero attached hydrogens (tertiary/aromatic N) is 5. The van der Waals surface area contributed by atoms with E-state index in [9.17, 15) is 9.59 Å². The summed E-state index contributed by atoms with van der Waals surface area (Å²) in [5.41, 5.74) is 2.09. The standard InChI is InChI=1S/C25H30N6O2/c1-17(2)24-26-11-13-30(24)16-22(32)31-12-7-10-21(31)23-27-15-20(18(3)29-23)25(33)28-14-19-8-5-4-6-9-19/h4-6,8-9,11,13,15,17,21H,7,10,12,14,16H2,1-3H3,(H,28,33). The fourth-order valence-corrected chi connectivity index (χ4v) is 4.27. The maximum Gasteiger partial charge on any atom is 0.254 e. The van der Waals surface area contributed by atoms with Crippen LogP contribution in [0.4, 0.5) is 0 Å². The predicted octanol–water partition coefficient (Wildman–Crippen LogP) is 3.40. The highest BCUT2D eigenvalue weighted by molar-refractivity contribution is 5.94. The van der Waals surface area contributed by atoms with Crippen LogP contribution in [-0.4, -0.2) is 42.8 Å². The smallest absolute Gasteiger partial charge is 0.254 e. The fourth-order valence-electron chi connectivity index (χ4n) is 4.27. The predicted molar refractivity (Wildman–Crippen MR) is 124 cm³/mol. The number of hydrogen-bond donors (Lipinski definition) is 1. The second-order valence-electron chi connectivity index (χ2n) is 8.71. The van der Waals surface area contributed by atoms with E-state index < -0.39 is 0 Å². The minimum absolute atomic E-state index is 0.0309. The second-order valence-corrected chi connectivity index (χ2v) is 8.71. The lowest BCUT2D eigenvalue weighted by atomic mass is 10.1. The van der Waals surface area contributed by atoms with Gasteiger partial charge in [-0.15, -0.1) is 0 Å². The fraction of sp³-hybridized carbons (Fsp3) is 0.400. The van der Waals surface area contributed by atoms with Crippen LogP contribution in [-0.2, 0) is 17.9 Å². The van der Waals surface area contributed by atoms with Crippen LogP contribution in [0.2, 0.25) is 0 Å². The number of rotatable bonds is 7. The summed E-state index contributed by atoms with van der Waals surface area (Å²) in [5.74, 6) is 1.56. The van der Waals surface area contributed by atoms with Crippen LogP contribution in [0.25, 0.3) is 0 Å². The molecule has 0 radical (unpaired) electrons. The van der Waals surface area contributed by atoms with Crippen molar-refractivity contribution in [3.8, 4) is 0 Å². The molecule has 3 aromatic rings. The van der Waals surface area contributed by atoms with Crippen molar-refractivity contribution in [1.82, 2.24) is 29.7 Å². The van der Waals surface area contributed by atoms with Crippen LogP contribution < -0.4 is 5.32 Å². The first-order valence-corrected chi connectivity index (χ1v) is 11.4. The summed E-state index contributed by atoms with van der Waals surface area (Å²) in [4.78, 5) is 41.1. The van der Waals surface area contributed by atoms with Gasteiger partial charge in [-0.2, -0.15) is 0 Å². The van der Waals surface area contributed by atoms with Gasteiger partial charge in [0, 0.05) is 37.6 Å². The van der Waals surface area contributed by atoms with E-state index in [1.54, 1.807) is 12.4 Å². The molecule has 8 nitrogen and oxygen atoms in total. The first-order chi connectivity index (χ1) is 15.9. The van der Waals surface area contributed by atoms with Gasteiger partial charge >= 0.3 is 0 Å². The number of imidazole rings is 1. The highest BCUT2D eigenvalue weighted by Crippen LogP contribution is 2.30. The Kier molecular flexibility index (Phi) is 6.82. The van der Waals surface area contributed by atoms with Crippen molar-refractivity contribution >= 4 is 11.8 Å². The molecule has 0 aliphatic carbocycles. The van der Waals surface area contributed by atoms with Crippen molar-refractivity contribution in [3.63, 3.8) is 0 Å². The summed E-state index contributed by atoms with van der Waals surface area (Å²) in [6, 6.07) is 9.57. The van der Waals surface area contributed by atoms with E-state index in [-0.39, 0.29) is 30.3 Å². The van der Waals surface area contributed by atoms with Crippen LogP contribution >= 0.6 is 0 Å². The number of nitrogens with one attached hydrogen (secondary N) is 1. The van der Waals surface area contributed by atoms with Gasteiger partial charge in [-0.05, 0) is 25.3 Å². The molecule has 8 heteroatoms. The van der Waals surface area contributed by atoms with Gasteiger partial charge in [-0.25, -0.2) is 15.0 Å². The summed E-state index contributed by atoms with van der Waals surface area (Å²) in [7, 11) is 0. The van der Waals surface area contributed by atoms with Gasteiger partial charge in [0.05, 0.1) is 17.3 Å². The van der Waals surface area contributed by atoms with Crippen LogP contribution in [0.15, 0.2) is 48.9 Å². The number of benzene rings is 1. The van der Waals surface area contributed by atoms with Crippen molar-refractivity contribution in [1.29, 1.82) is 0 Å². The van der Waals surface area contributed by atoms with Crippen molar-refractivity contribution in [2.24, 2.45) is 0 Å². The van der Waals surface area contributed by atoms with Crippen molar-refractivity contribution < 1.29 is 9.59 Å². The average Bonchev–Trinajstić information content (AvgIpc) is 3.48. The largest absolute Gasteiger partial charge is 0.348 e. The second kappa shape index (κ2) is 9.94. The lowest BCUT2D eigenvalue weighted by Crippen LogP contribution is -2.34. The van der Waals surface area contributed by atoms with Crippen molar-refractivity contribution in [3.05, 3.63) is 77.4 Å². The molecular weight excluding hydrogens is 416 g/mol. The van der Waals surface area contributed by atoms with Gasteiger partial charge in [0.15, 0.2) is 5.82 Å². The van der Waals surface area contributed by atoms with E-state index in [1.807, 2.05) is 52.9 Å². The van der Waals surface area contributed by atoms with Crippen LogP contribution in [0.3, 0.4) is 0 Å². The lowest BCUT2D eigenvalue weighted by Gasteiger charge is -2.25. The zero-order valence-electron chi connectivity index (χ0n) is 19.4. The van der Waals surface area contributed by atoms with Gasteiger partial charge in [0.1, 0.15) is 12.4 Å². The molecule has 4 rings (SSSR count). The SMILES string of the molecule is Cc1nc(C2CCCN2C(=O)Cn2ccnc2C(C)C)ncc1C(=O)NCc1ccccc1. The van der Waals surface area contributed by atoms with E-state index >= 15 is 0 Å². The van der Waals surface area contributed by atoms with Crippen molar-refractivity contribution in [2.75, 3.05) is 6.54 Å². The van der Waals surface area contributed by atoms with Gasteiger partial charge in [-0.1, -0.05) is 44.2 Å². The molecule has 0 saturated carbocycles. The molecular formula is C25H30N6O2. The molecule has 0 spiro atoms. The monoisotopic (exact) mass is 446 g/mol. The summed E-state index contributed by atoms with van der Waals surface area (Å²) >= 11 is 0. The third-order valence-electron chi connectivity index (χ3n) is 5.98. The molecule has 3 heterocycles. The number of aryl methyl sites for hydroxylation is 1. The van der Waals surface area contributed by atoms with E-state index in [2.05, 4.69) is 34.1 Å². The molecule has 1 N–H and O–H groups in total. The molecule has 1 aromatic carbocycles. The van der Waals surface area contributed by atoms with E-state index in [0.717, 1.165) is 24.2 Å². The van der Waals surface area contributed by atoms with Gasteiger partial charge in [0.2, 0.25) is 5.91 Å². The minimum Gasteiger partial charge on any atom is -0.348 e. The maximum absolute atomic E-state index is 13.1. The van der Waals surface area contributed by atoms with Gasteiger partial charge < -0.3 is 14.8 Å². The first kappa shape index (κ1) is 22.6. The molecule has 2 aromatic heterocycles. The van der Waals surface area contributed by atoms with Gasteiger partial charge in [0.25, 0.3) is 5.91 Å². The molecule has 1 saturated heterocycles. The Labute approximate surface area is 194 Å². The first-order valence-electron chi connectivity index (χ1n) is 11.4. The summed E-state index contributed by atoms with van der Waals surface area (Å²) in [6.07, 6.45) is 6.87. The van der Waals surface area contributed by atoms with E-state index in [1.165, 1.54) is 0 Å². The molecule has 2 amide bonds. The zero-order valence-corrected chi connectivity index (χ0v) is 19.4. The van der Waals surface area contributed by atoms with Crippen LogP contribution in [0, 0.1) is 6.92 Å². The van der Waals surface area contributed by atoms with E-state index in [4.69, 9.17) is 0 Å². The number of likely N-dealkylation sites (tertiary alicyclic amines) is 1.